The molecule has 0 bridgehead atoms. The van der Waals surface area contributed by atoms with Crippen LogP contribution in [0, 0.1) is 0 Å². The molecule has 0 fully saturated rings. The van der Waals surface area contributed by atoms with Gasteiger partial charge in [-0.1, -0.05) is 23.2 Å². The second-order valence-electron chi connectivity index (χ2n) is 3.72. The van der Waals surface area contributed by atoms with E-state index in [0.717, 1.165) is 12.1 Å². The first-order chi connectivity index (χ1) is 6.99. The molecule has 1 unspecified atom stereocenters. The van der Waals surface area contributed by atoms with E-state index in [4.69, 9.17) is 5.73 Å². The van der Waals surface area contributed by atoms with E-state index in [1.165, 1.54) is 0 Å². The van der Waals surface area contributed by atoms with Crippen LogP contribution in [-0.4, -0.2) is 27.8 Å². The minimum atomic E-state index is -2.08. The Morgan fingerprint density at radius 3 is 2.60 bits per heavy atom. The molecule has 1 aromatic rings. The van der Waals surface area contributed by atoms with E-state index in [9.17, 15) is 8.76 Å². The number of anilines is 1. The summed E-state index contributed by atoms with van der Waals surface area (Å²) in [5.74, 6) is -0.0198. The summed E-state index contributed by atoms with van der Waals surface area (Å²) in [5.41, 5.74) is 8.03. The van der Waals surface area contributed by atoms with Gasteiger partial charge in [0.05, 0.1) is 0 Å². The van der Waals surface area contributed by atoms with E-state index in [1.54, 1.807) is 6.07 Å². The maximum atomic E-state index is 10.5. The first-order valence-corrected chi connectivity index (χ1v) is 5.81. The average Bonchev–Trinajstić information content (AvgIpc) is 2.08. The molecule has 1 rings (SSSR count). The third kappa shape index (κ3) is 3.99. The zero-order valence-electron chi connectivity index (χ0n) is 8.90. The first kappa shape index (κ1) is 12.2. The van der Waals surface area contributed by atoms with Gasteiger partial charge in [0.1, 0.15) is 0 Å². The van der Waals surface area contributed by atoms with Crippen LogP contribution in [0.5, 0.6) is 0 Å². The summed E-state index contributed by atoms with van der Waals surface area (Å²) in [6.07, 6.45) is 0. The lowest BCUT2D eigenvalue weighted by atomic mass is 10.1. The lowest BCUT2D eigenvalue weighted by molar-refractivity contribution is 0.402. The minimum absolute atomic E-state index is 0.0198. The monoisotopic (exact) mass is 227 g/mol. The molecule has 0 heterocycles. The largest absolute Gasteiger partial charge is 0.772 e. The van der Waals surface area contributed by atoms with Crippen LogP contribution in [-0.2, 0) is 23.4 Å². The van der Waals surface area contributed by atoms with Crippen molar-refractivity contribution >= 4 is 16.8 Å². The highest BCUT2D eigenvalue weighted by molar-refractivity contribution is 7.78. The van der Waals surface area contributed by atoms with Gasteiger partial charge in [-0.05, 0) is 31.3 Å². The Morgan fingerprint density at radius 1 is 1.47 bits per heavy atom. The lowest BCUT2D eigenvalue weighted by Gasteiger charge is -2.13. The SMILES string of the molecule is CN(C)Cc1ccc(CS(=O)[O-])c(N)c1. The van der Waals surface area contributed by atoms with E-state index in [0.29, 0.717) is 11.3 Å². The summed E-state index contributed by atoms with van der Waals surface area (Å²) in [7, 11) is 3.94. The van der Waals surface area contributed by atoms with Crippen molar-refractivity contribution in [3.63, 3.8) is 0 Å². The lowest BCUT2D eigenvalue weighted by Crippen LogP contribution is -2.11. The topological polar surface area (TPSA) is 69.4 Å². The van der Waals surface area contributed by atoms with E-state index in [-0.39, 0.29) is 5.75 Å². The zero-order chi connectivity index (χ0) is 11.4. The van der Waals surface area contributed by atoms with Gasteiger partial charge in [-0.25, -0.2) is 0 Å². The molecule has 1 aromatic carbocycles. The molecule has 0 spiro atoms. The van der Waals surface area contributed by atoms with Crippen molar-refractivity contribution in [2.75, 3.05) is 19.8 Å². The second kappa shape index (κ2) is 5.25. The molecule has 0 radical (unpaired) electrons. The van der Waals surface area contributed by atoms with E-state index < -0.39 is 11.1 Å². The maximum absolute atomic E-state index is 10.5. The summed E-state index contributed by atoms with van der Waals surface area (Å²) >= 11 is -2.08. The highest BCUT2D eigenvalue weighted by Gasteiger charge is 2.02. The molecular weight excluding hydrogens is 212 g/mol. The predicted octanol–water partition coefficient (Wildman–Crippen LogP) is 0.709. The molecule has 0 saturated heterocycles. The van der Waals surface area contributed by atoms with E-state index >= 15 is 0 Å². The van der Waals surface area contributed by atoms with Gasteiger partial charge in [0, 0.05) is 18.0 Å². The summed E-state index contributed by atoms with van der Waals surface area (Å²) in [6.45, 7) is 0.797. The molecule has 0 aliphatic carbocycles. The Kier molecular flexibility index (Phi) is 4.26. The number of rotatable bonds is 4. The van der Waals surface area contributed by atoms with Crippen LogP contribution in [0.15, 0.2) is 18.2 Å². The summed E-state index contributed by atoms with van der Waals surface area (Å²) < 4.78 is 21.0. The van der Waals surface area contributed by atoms with Gasteiger partial charge in [-0.3, -0.25) is 4.21 Å². The summed E-state index contributed by atoms with van der Waals surface area (Å²) in [6, 6.07) is 5.49. The number of nitrogens with zero attached hydrogens (tertiary/aromatic N) is 1. The maximum Gasteiger partial charge on any atom is 0.0373 e. The Labute approximate surface area is 92.4 Å². The molecular formula is C10H15N2O2S-. The number of nitrogens with two attached hydrogens (primary N) is 1. The van der Waals surface area contributed by atoms with Crippen LogP contribution in [0.2, 0.25) is 0 Å². The molecule has 0 aliphatic rings. The molecule has 0 aliphatic heterocycles. The molecule has 0 aromatic heterocycles. The fourth-order valence-corrected chi connectivity index (χ4v) is 1.88. The molecule has 0 saturated carbocycles. The highest BCUT2D eigenvalue weighted by Crippen LogP contribution is 2.16. The van der Waals surface area contributed by atoms with Gasteiger partial charge in [-0.15, -0.1) is 0 Å². The van der Waals surface area contributed by atoms with Gasteiger partial charge < -0.3 is 15.2 Å². The van der Waals surface area contributed by atoms with Crippen molar-refractivity contribution in [1.82, 2.24) is 4.90 Å². The van der Waals surface area contributed by atoms with Crippen molar-refractivity contribution in [2.24, 2.45) is 0 Å². The summed E-state index contributed by atoms with van der Waals surface area (Å²) in [4.78, 5) is 2.03. The standard InChI is InChI=1S/C10H16N2O2S/c1-12(2)6-8-3-4-9(7-15(13)14)10(11)5-8/h3-5H,6-7,11H2,1-2H3,(H,13,14)/p-1. The van der Waals surface area contributed by atoms with Crippen molar-refractivity contribution in [2.45, 2.75) is 12.3 Å². The normalized spacial score (nSPS) is 13.1. The molecule has 2 N–H and O–H groups in total. The summed E-state index contributed by atoms with van der Waals surface area (Å²) in [5, 5.41) is 0. The van der Waals surface area contributed by atoms with Crippen LogP contribution in [0.3, 0.4) is 0 Å². The quantitative estimate of drug-likeness (QED) is 0.607. The number of hydrogen-bond acceptors (Lipinski definition) is 4. The van der Waals surface area contributed by atoms with E-state index in [2.05, 4.69) is 0 Å². The van der Waals surface area contributed by atoms with Crippen LogP contribution in [0.4, 0.5) is 5.69 Å². The highest BCUT2D eigenvalue weighted by atomic mass is 32.2. The van der Waals surface area contributed by atoms with Gasteiger partial charge in [0.2, 0.25) is 0 Å². The molecule has 4 nitrogen and oxygen atoms in total. The van der Waals surface area contributed by atoms with Crippen LogP contribution >= 0.6 is 0 Å². The number of benzene rings is 1. The van der Waals surface area contributed by atoms with Crippen molar-refractivity contribution in [3.05, 3.63) is 29.3 Å². The Morgan fingerprint density at radius 2 is 2.13 bits per heavy atom. The Balaban J connectivity index is 2.83. The average molecular weight is 227 g/mol. The first-order valence-electron chi connectivity index (χ1n) is 4.57. The van der Waals surface area contributed by atoms with Crippen molar-refractivity contribution in [3.8, 4) is 0 Å². The van der Waals surface area contributed by atoms with Gasteiger partial charge in [0.15, 0.2) is 0 Å². The van der Waals surface area contributed by atoms with Crippen molar-refractivity contribution in [1.29, 1.82) is 0 Å². The fraction of sp³-hybridized carbons (Fsp3) is 0.400. The fourth-order valence-electron chi connectivity index (χ4n) is 1.37. The van der Waals surface area contributed by atoms with Crippen LogP contribution in [0.1, 0.15) is 11.1 Å². The molecule has 1 atom stereocenters. The predicted molar refractivity (Wildman–Crippen MR) is 60.9 cm³/mol. The molecule has 5 heteroatoms. The third-order valence-electron chi connectivity index (χ3n) is 1.98. The minimum Gasteiger partial charge on any atom is -0.772 e. The van der Waals surface area contributed by atoms with Gasteiger partial charge in [0.25, 0.3) is 0 Å². The number of nitrogen functional groups attached to an aromatic ring is 1. The van der Waals surface area contributed by atoms with Gasteiger partial charge in [-0.2, -0.15) is 0 Å². The van der Waals surface area contributed by atoms with Crippen LogP contribution in [0.25, 0.3) is 0 Å². The molecule has 0 amide bonds. The smallest absolute Gasteiger partial charge is 0.0373 e. The van der Waals surface area contributed by atoms with E-state index in [1.807, 2.05) is 31.1 Å². The molecule has 15 heavy (non-hydrogen) atoms. The third-order valence-corrected chi connectivity index (χ3v) is 2.53. The Bertz CT molecular complexity index is 366. The number of hydrogen-bond donors (Lipinski definition) is 1. The van der Waals surface area contributed by atoms with Crippen LogP contribution < -0.4 is 5.73 Å². The molecule has 84 valence electrons. The zero-order valence-corrected chi connectivity index (χ0v) is 9.71. The Hall–Kier alpha value is -0.910. The van der Waals surface area contributed by atoms with Crippen molar-refractivity contribution < 1.29 is 8.76 Å². The van der Waals surface area contributed by atoms with Gasteiger partial charge >= 0.3 is 0 Å². The second-order valence-corrected chi connectivity index (χ2v) is 4.62.